The van der Waals surface area contributed by atoms with Gasteiger partial charge in [-0.25, -0.2) is 0 Å². The third-order valence-electron chi connectivity index (χ3n) is 8.51. The van der Waals surface area contributed by atoms with Crippen LogP contribution in [0.5, 0.6) is 0 Å². The minimum atomic E-state index is -0.0496. The van der Waals surface area contributed by atoms with E-state index in [1.807, 2.05) is 0 Å². The van der Waals surface area contributed by atoms with Gasteiger partial charge in [0.1, 0.15) is 0 Å². The van der Waals surface area contributed by atoms with Crippen LogP contribution in [0.4, 0.5) is 0 Å². The van der Waals surface area contributed by atoms with Gasteiger partial charge in [0.25, 0.3) is 0 Å². The summed E-state index contributed by atoms with van der Waals surface area (Å²) in [6, 6.07) is 0. The zero-order chi connectivity index (χ0) is 28.1. The molecule has 0 amide bonds. The van der Waals surface area contributed by atoms with Crippen LogP contribution in [0.15, 0.2) is 0 Å². The molecule has 0 saturated heterocycles. The van der Waals surface area contributed by atoms with Crippen molar-refractivity contribution in [3.63, 3.8) is 0 Å². The summed E-state index contributed by atoms with van der Waals surface area (Å²) < 4.78 is 22.2. The summed E-state index contributed by atoms with van der Waals surface area (Å²) in [6.07, 6.45) is 32.0. The summed E-state index contributed by atoms with van der Waals surface area (Å²) in [4.78, 5) is 0. The average molecular weight is 543 g/mol. The monoisotopic (exact) mass is 543 g/mol. The Labute approximate surface area is 239 Å². The van der Waals surface area contributed by atoms with Crippen LogP contribution in [0.1, 0.15) is 168 Å². The fourth-order valence-corrected chi connectivity index (χ4v) is 5.88. The Morgan fingerprint density at radius 2 is 0.579 bits per heavy atom. The lowest BCUT2D eigenvalue weighted by Gasteiger charge is -2.23. The molecule has 2 unspecified atom stereocenters. The molecule has 0 radical (unpaired) electrons. The topological polar surface area (TPSA) is 36.9 Å². The molecule has 0 saturated carbocycles. The second-order valence-electron chi connectivity index (χ2n) is 11.8. The Morgan fingerprint density at radius 3 is 0.816 bits per heavy atom. The van der Waals surface area contributed by atoms with Gasteiger partial charge in [-0.2, -0.15) is 0 Å². The zero-order valence-corrected chi connectivity index (χ0v) is 26.9. The summed E-state index contributed by atoms with van der Waals surface area (Å²) in [7, 11) is 7.11. The number of ether oxygens (including phenoxy) is 4. The third kappa shape index (κ3) is 23.7. The molecule has 0 spiro atoms. The number of unbranched alkanes of at least 4 members (excludes halogenated alkanes) is 15. The molecular weight excluding hydrogens is 472 g/mol. The lowest BCUT2D eigenvalue weighted by atomic mass is 9.89. The highest BCUT2D eigenvalue weighted by atomic mass is 16.7. The van der Waals surface area contributed by atoms with Crippen LogP contribution in [0.2, 0.25) is 0 Å². The Kier molecular flexibility index (Phi) is 29.7. The number of hydrogen-bond acceptors (Lipinski definition) is 4. The molecule has 0 aromatic carbocycles. The van der Waals surface area contributed by atoms with Crippen molar-refractivity contribution in [2.75, 3.05) is 28.4 Å². The maximum absolute atomic E-state index is 5.54. The van der Waals surface area contributed by atoms with Crippen molar-refractivity contribution in [1.82, 2.24) is 0 Å². The highest BCUT2D eigenvalue weighted by molar-refractivity contribution is 4.66. The van der Waals surface area contributed by atoms with Gasteiger partial charge >= 0.3 is 0 Å². The summed E-state index contributed by atoms with van der Waals surface area (Å²) in [5, 5.41) is 0. The smallest absolute Gasteiger partial charge is 0.157 e. The van der Waals surface area contributed by atoms with Gasteiger partial charge in [0.2, 0.25) is 0 Å². The number of rotatable bonds is 31. The molecule has 0 N–H and O–H groups in total. The van der Waals surface area contributed by atoms with E-state index in [-0.39, 0.29) is 12.6 Å². The van der Waals surface area contributed by atoms with Gasteiger partial charge in [0.15, 0.2) is 12.6 Å². The second-order valence-corrected chi connectivity index (χ2v) is 11.8. The maximum Gasteiger partial charge on any atom is 0.157 e. The van der Waals surface area contributed by atoms with Crippen LogP contribution in [-0.4, -0.2) is 41.0 Å². The molecule has 0 bridgehead atoms. The van der Waals surface area contributed by atoms with Gasteiger partial charge in [0, 0.05) is 41.3 Å². The Bertz CT molecular complexity index is 396. The summed E-state index contributed by atoms with van der Waals surface area (Å²) in [5.41, 5.74) is 0. The molecule has 38 heavy (non-hydrogen) atoms. The van der Waals surface area contributed by atoms with Crippen molar-refractivity contribution in [2.24, 2.45) is 11.8 Å². The maximum atomic E-state index is 5.54. The summed E-state index contributed by atoms with van der Waals surface area (Å²) in [5.74, 6) is 1.45. The van der Waals surface area contributed by atoms with Crippen molar-refractivity contribution in [3.8, 4) is 0 Å². The Morgan fingerprint density at radius 1 is 0.342 bits per heavy atom. The molecule has 0 heterocycles. The lowest BCUT2D eigenvalue weighted by molar-refractivity contribution is -0.115. The van der Waals surface area contributed by atoms with Crippen LogP contribution >= 0.6 is 0 Å². The number of methoxy groups -OCH3 is 4. The summed E-state index contributed by atoms with van der Waals surface area (Å²) in [6.45, 7) is 4.58. The van der Waals surface area contributed by atoms with Crippen molar-refractivity contribution in [3.05, 3.63) is 0 Å². The molecule has 230 valence electrons. The van der Waals surface area contributed by atoms with Crippen molar-refractivity contribution in [1.29, 1.82) is 0 Å². The fourth-order valence-electron chi connectivity index (χ4n) is 5.88. The first-order valence-electron chi connectivity index (χ1n) is 16.8. The van der Waals surface area contributed by atoms with E-state index in [1.165, 1.54) is 141 Å². The average Bonchev–Trinajstić information content (AvgIpc) is 2.94. The predicted molar refractivity (Wildman–Crippen MR) is 165 cm³/mol. The van der Waals surface area contributed by atoms with Gasteiger partial charge in [-0.3, -0.25) is 0 Å². The van der Waals surface area contributed by atoms with E-state index >= 15 is 0 Å². The Balaban J connectivity index is 4.30. The minimum Gasteiger partial charge on any atom is -0.356 e. The molecule has 4 heteroatoms. The van der Waals surface area contributed by atoms with Gasteiger partial charge in [-0.15, -0.1) is 0 Å². The van der Waals surface area contributed by atoms with Crippen LogP contribution < -0.4 is 0 Å². The van der Waals surface area contributed by atoms with Crippen LogP contribution in [0.25, 0.3) is 0 Å². The van der Waals surface area contributed by atoms with Crippen LogP contribution in [0.3, 0.4) is 0 Å². The number of hydrogen-bond donors (Lipinski definition) is 0. The van der Waals surface area contributed by atoms with E-state index in [0.717, 1.165) is 24.7 Å². The van der Waals surface area contributed by atoms with Crippen LogP contribution in [-0.2, 0) is 18.9 Å². The first-order chi connectivity index (χ1) is 18.6. The standard InChI is InChI=1S/C34H70O4/c1-7-9-11-13-15-17-21-25-31(29-33(35-3)36-4)27-23-19-20-24-28-32(30-34(37-5)38-6)26-22-18-16-14-12-10-8-2/h31-34H,7-30H2,1-6H3. The highest BCUT2D eigenvalue weighted by Gasteiger charge is 2.17. The normalized spacial score (nSPS) is 13.6. The lowest BCUT2D eigenvalue weighted by Crippen LogP contribution is -2.18. The first kappa shape index (κ1) is 37.8. The predicted octanol–water partition coefficient (Wildman–Crippen LogP) is 10.9. The zero-order valence-electron chi connectivity index (χ0n) is 26.9. The molecule has 0 fully saturated rings. The molecule has 0 aliphatic rings. The van der Waals surface area contributed by atoms with E-state index < -0.39 is 0 Å². The first-order valence-corrected chi connectivity index (χ1v) is 16.8. The fraction of sp³-hybridized carbons (Fsp3) is 1.00. The van der Waals surface area contributed by atoms with Crippen molar-refractivity contribution < 1.29 is 18.9 Å². The second kappa shape index (κ2) is 29.8. The van der Waals surface area contributed by atoms with Crippen molar-refractivity contribution >= 4 is 0 Å². The quantitative estimate of drug-likeness (QED) is 0.0644. The van der Waals surface area contributed by atoms with E-state index in [0.29, 0.717) is 0 Å². The highest BCUT2D eigenvalue weighted by Crippen LogP contribution is 2.27. The SMILES string of the molecule is CCCCCCCCCC(CCCCCCC(CCCCCCCCC)CC(OC)OC)CC(OC)OC. The van der Waals surface area contributed by atoms with E-state index in [1.54, 1.807) is 28.4 Å². The van der Waals surface area contributed by atoms with E-state index in [2.05, 4.69) is 13.8 Å². The van der Waals surface area contributed by atoms with E-state index in [9.17, 15) is 0 Å². The molecule has 0 aliphatic heterocycles. The minimum absolute atomic E-state index is 0.0496. The summed E-state index contributed by atoms with van der Waals surface area (Å²) >= 11 is 0. The Hall–Kier alpha value is -0.160. The third-order valence-corrected chi connectivity index (χ3v) is 8.51. The molecule has 2 atom stereocenters. The van der Waals surface area contributed by atoms with Crippen molar-refractivity contribution in [2.45, 2.75) is 181 Å². The largest absolute Gasteiger partial charge is 0.356 e. The molecule has 0 aliphatic carbocycles. The molecule has 0 aromatic heterocycles. The molecule has 0 rings (SSSR count). The van der Waals surface area contributed by atoms with Crippen LogP contribution in [0, 0.1) is 11.8 Å². The molecular formula is C34H70O4. The van der Waals surface area contributed by atoms with Gasteiger partial charge in [-0.05, 0) is 11.8 Å². The molecule has 0 aromatic rings. The van der Waals surface area contributed by atoms with E-state index in [4.69, 9.17) is 18.9 Å². The van der Waals surface area contributed by atoms with Gasteiger partial charge in [0.05, 0.1) is 0 Å². The van der Waals surface area contributed by atoms with Gasteiger partial charge < -0.3 is 18.9 Å². The molecule has 4 nitrogen and oxygen atoms in total. The van der Waals surface area contributed by atoms with Gasteiger partial charge in [-0.1, -0.05) is 155 Å².